The van der Waals surface area contributed by atoms with Crippen molar-refractivity contribution in [2.75, 3.05) is 17.7 Å². The van der Waals surface area contributed by atoms with E-state index in [2.05, 4.69) is 30.4 Å². The fraction of sp³-hybridized carbons (Fsp3) is 0.292. The molecule has 0 aliphatic carbocycles. The molecule has 37 heavy (non-hydrogen) atoms. The molecule has 0 fully saturated rings. The second-order valence-corrected chi connectivity index (χ2v) is 8.75. The van der Waals surface area contributed by atoms with Crippen LogP contribution >= 0.6 is 11.6 Å². The van der Waals surface area contributed by atoms with Gasteiger partial charge in [0.1, 0.15) is 16.5 Å². The van der Waals surface area contributed by atoms with Crippen molar-refractivity contribution in [3.8, 4) is 28.5 Å². The molecule has 0 amide bonds. The van der Waals surface area contributed by atoms with Crippen molar-refractivity contribution in [1.82, 2.24) is 29.7 Å². The lowest BCUT2D eigenvalue weighted by Crippen LogP contribution is -2.19. The number of alkyl halides is 3. The topological polar surface area (TPSA) is 117 Å². The number of rotatable bonds is 8. The Hall–Kier alpha value is -3.93. The minimum atomic E-state index is -4.47. The second kappa shape index (κ2) is 10.6. The van der Waals surface area contributed by atoms with E-state index >= 15 is 0 Å². The number of halogens is 4. The molecule has 0 aliphatic heterocycles. The van der Waals surface area contributed by atoms with Gasteiger partial charge in [-0.1, -0.05) is 11.6 Å². The monoisotopic (exact) mass is 532 g/mol. The fourth-order valence-corrected chi connectivity index (χ4v) is 3.86. The maximum absolute atomic E-state index is 12.9. The number of hydrogen-bond acceptors (Lipinski definition) is 8. The van der Waals surface area contributed by atoms with Gasteiger partial charge >= 0.3 is 6.18 Å². The normalized spacial score (nSPS) is 12.4. The summed E-state index contributed by atoms with van der Waals surface area (Å²) in [5.41, 5.74) is 7.79. The molecule has 4 aromatic heterocycles. The van der Waals surface area contributed by atoms with E-state index in [-0.39, 0.29) is 11.2 Å². The Kier molecular flexibility index (Phi) is 7.48. The molecule has 3 N–H and O–H groups in total. The summed E-state index contributed by atoms with van der Waals surface area (Å²) in [7, 11) is 1.77. The lowest BCUT2D eigenvalue weighted by molar-refractivity contribution is -0.137. The number of aromatic nitrogens is 6. The molecule has 0 saturated heterocycles. The van der Waals surface area contributed by atoms with Crippen LogP contribution in [0.1, 0.15) is 24.6 Å². The highest BCUT2D eigenvalue weighted by Crippen LogP contribution is 2.33. The van der Waals surface area contributed by atoms with Crippen LogP contribution < -0.4 is 15.8 Å². The number of nitrogens with zero attached hydrogens (tertiary/aromatic N) is 6. The first kappa shape index (κ1) is 26.1. The molecular formula is C24H24ClF3N8O. The molecule has 0 spiro atoms. The summed E-state index contributed by atoms with van der Waals surface area (Å²) in [6.45, 7) is 4.11. The number of nitrogens with two attached hydrogens (primary N) is 1. The van der Waals surface area contributed by atoms with Gasteiger partial charge in [0.2, 0.25) is 5.88 Å². The average molecular weight is 533 g/mol. The first-order valence-corrected chi connectivity index (χ1v) is 11.6. The summed E-state index contributed by atoms with van der Waals surface area (Å²) in [5, 5.41) is 7.97. The van der Waals surface area contributed by atoms with Gasteiger partial charge in [-0.25, -0.2) is 19.6 Å². The highest BCUT2D eigenvalue weighted by atomic mass is 35.5. The SMILES string of the molecule is Cc1nn(C)c(OCC[C@H](C)Nc2cc(Cl)ncc2-c2ccc(C(F)(F)F)cn2)c1-c1nccc(N)n1. The molecular weight excluding hydrogens is 509 g/mol. The van der Waals surface area contributed by atoms with Gasteiger partial charge in [0.05, 0.1) is 23.6 Å². The number of nitrogens with one attached hydrogen (secondary N) is 1. The van der Waals surface area contributed by atoms with E-state index < -0.39 is 11.7 Å². The molecule has 0 aliphatic rings. The van der Waals surface area contributed by atoms with Crippen molar-refractivity contribution in [3.63, 3.8) is 0 Å². The largest absolute Gasteiger partial charge is 0.477 e. The number of aryl methyl sites for hydroxylation is 2. The van der Waals surface area contributed by atoms with Crippen LogP contribution in [0.2, 0.25) is 5.15 Å². The predicted octanol–water partition coefficient (Wildman–Crippen LogP) is 5.17. The molecule has 0 saturated carbocycles. The third kappa shape index (κ3) is 6.08. The van der Waals surface area contributed by atoms with E-state index in [4.69, 9.17) is 22.1 Å². The number of nitrogen functional groups attached to an aromatic ring is 1. The zero-order valence-electron chi connectivity index (χ0n) is 20.2. The number of ether oxygens (including phenoxy) is 1. The van der Waals surface area contributed by atoms with Crippen LogP contribution in [-0.2, 0) is 13.2 Å². The molecule has 1 atom stereocenters. The van der Waals surface area contributed by atoms with Crippen molar-refractivity contribution < 1.29 is 17.9 Å². The van der Waals surface area contributed by atoms with Crippen LogP contribution in [0, 0.1) is 6.92 Å². The van der Waals surface area contributed by atoms with Gasteiger partial charge in [0, 0.05) is 49.4 Å². The lowest BCUT2D eigenvalue weighted by atomic mass is 10.1. The Balaban J connectivity index is 1.46. The Labute approximate surface area is 215 Å². The van der Waals surface area contributed by atoms with E-state index in [0.29, 0.717) is 58.8 Å². The van der Waals surface area contributed by atoms with Gasteiger partial charge in [-0.2, -0.15) is 18.3 Å². The van der Waals surface area contributed by atoms with Crippen LogP contribution in [0.25, 0.3) is 22.6 Å². The number of hydrogen-bond donors (Lipinski definition) is 2. The first-order chi connectivity index (χ1) is 17.5. The molecule has 0 unspecified atom stereocenters. The van der Waals surface area contributed by atoms with Gasteiger partial charge < -0.3 is 15.8 Å². The Bertz CT molecular complexity index is 1390. The maximum atomic E-state index is 12.9. The molecule has 9 nitrogen and oxygen atoms in total. The van der Waals surface area contributed by atoms with Crippen LogP contribution in [-0.4, -0.2) is 42.4 Å². The lowest BCUT2D eigenvalue weighted by Gasteiger charge is -2.19. The standard InChI is InChI=1S/C24H24ClF3N8O/c1-13(7-9-37-23-21(14(2)35-36(23)3)22-30-8-6-20(29)34-22)33-18-10-19(25)32-12-16(18)17-5-4-15(11-31-17)24(26,27)28/h4-6,8,10-13H,7,9H2,1-3H3,(H,32,33)(H2,29,30,34)/t13-/m0/s1. The Morgan fingerprint density at radius 2 is 1.95 bits per heavy atom. The second-order valence-electron chi connectivity index (χ2n) is 8.36. The van der Waals surface area contributed by atoms with E-state index in [9.17, 15) is 13.2 Å². The van der Waals surface area contributed by atoms with Gasteiger partial charge in [-0.05, 0) is 38.1 Å². The first-order valence-electron chi connectivity index (χ1n) is 11.2. The van der Waals surface area contributed by atoms with Crippen molar-refractivity contribution in [2.24, 2.45) is 7.05 Å². The van der Waals surface area contributed by atoms with Gasteiger partial charge in [0.15, 0.2) is 5.82 Å². The molecule has 13 heteroatoms. The van der Waals surface area contributed by atoms with E-state index in [1.807, 2.05) is 13.8 Å². The molecule has 194 valence electrons. The third-order valence-corrected chi connectivity index (χ3v) is 5.71. The van der Waals surface area contributed by atoms with Crippen LogP contribution in [0.3, 0.4) is 0 Å². The molecule has 0 bridgehead atoms. The van der Waals surface area contributed by atoms with Crippen LogP contribution in [0.15, 0.2) is 42.9 Å². The van der Waals surface area contributed by atoms with Crippen molar-refractivity contribution in [2.45, 2.75) is 32.5 Å². The van der Waals surface area contributed by atoms with Crippen LogP contribution in [0.5, 0.6) is 5.88 Å². The van der Waals surface area contributed by atoms with E-state index in [1.165, 1.54) is 12.3 Å². The smallest absolute Gasteiger partial charge is 0.417 e. The molecule has 4 heterocycles. The van der Waals surface area contributed by atoms with Gasteiger partial charge in [-0.3, -0.25) is 4.98 Å². The minimum Gasteiger partial charge on any atom is -0.477 e. The van der Waals surface area contributed by atoms with Crippen molar-refractivity contribution in [1.29, 1.82) is 0 Å². The maximum Gasteiger partial charge on any atom is 0.417 e. The highest BCUT2D eigenvalue weighted by molar-refractivity contribution is 6.29. The van der Waals surface area contributed by atoms with Crippen molar-refractivity contribution >= 4 is 23.1 Å². The summed E-state index contributed by atoms with van der Waals surface area (Å²) < 4.78 is 46.4. The third-order valence-electron chi connectivity index (χ3n) is 5.50. The summed E-state index contributed by atoms with van der Waals surface area (Å²) >= 11 is 6.09. The molecule has 4 rings (SSSR count). The minimum absolute atomic E-state index is 0.104. The number of pyridine rings is 2. The predicted molar refractivity (Wildman–Crippen MR) is 134 cm³/mol. The number of anilines is 2. The fourth-order valence-electron chi connectivity index (χ4n) is 3.70. The Morgan fingerprint density at radius 1 is 1.16 bits per heavy atom. The molecule has 0 radical (unpaired) electrons. The van der Waals surface area contributed by atoms with E-state index in [0.717, 1.165) is 12.3 Å². The zero-order chi connectivity index (χ0) is 26.7. The van der Waals surface area contributed by atoms with Crippen molar-refractivity contribution in [3.05, 3.63) is 59.3 Å². The highest BCUT2D eigenvalue weighted by Gasteiger charge is 2.30. The molecule has 0 aromatic carbocycles. The van der Waals surface area contributed by atoms with Gasteiger partial charge in [-0.15, -0.1) is 0 Å². The quantitative estimate of drug-likeness (QED) is 0.299. The summed E-state index contributed by atoms with van der Waals surface area (Å²) in [6, 6.07) is 5.39. The average Bonchev–Trinajstić information content (AvgIpc) is 3.11. The van der Waals surface area contributed by atoms with Crippen LogP contribution in [0.4, 0.5) is 24.7 Å². The Morgan fingerprint density at radius 3 is 2.62 bits per heavy atom. The van der Waals surface area contributed by atoms with E-state index in [1.54, 1.807) is 30.1 Å². The van der Waals surface area contributed by atoms with Gasteiger partial charge in [0.25, 0.3) is 0 Å². The summed E-state index contributed by atoms with van der Waals surface area (Å²) in [6.07, 6.45) is -0.0583. The summed E-state index contributed by atoms with van der Waals surface area (Å²) in [4.78, 5) is 16.6. The summed E-state index contributed by atoms with van der Waals surface area (Å²) in [5.74, 6) is 1.27. The molecule has 4 aromatic rings. The zero-order valence-corrected chi connectivity index (χ0v) is 21.0.